The first kappa shape index (κ1) is 11.9. The van der Waals surface area contributed by atoms with Crippen LogP contribution in [0.4, 0.5) is 0 Å². The van der Waals surface area contributed by atoms with Crippen LogP contribution in [-0.2, 0) is 4.79 Å². The maximum Gasteiger partial charge on any atom is 0.230 e. The summed E-state index contributed by atoms with van der Waals surface area (Å²) in [5.41, 5.74) is -0.147. The predicted octanol–water partition coefficient (Wildman–Crippen LogP) is 1.63. The molecule has 1 amide bonds. The van der Waals surface area contributed by atoms with Gasteiger partial charge in [0.1, 0.15) is 0 Å². The molecule has 0 spiro atoms. The molecule has 2 aliphatic heterocycles. The second-order valence-corrected chi connectivity index (χ2v) is 5.98. The highest BCUT2D eigenvalue weighted by Crippen LogP contribution is 2.31. The molecular formula is C13H24N2O. The number of carbonyl (C=O) groups excluding carboxylic acids is 1. The van der Waals surface area contributed by atoms with Gasteiger partial charge in [0.15, 0.2) is 0 Å². The SMILES string of the molecule is CC1CCC(C)N(C(=O)C2(C)CCNC2)C1. The van der Waals surface area contributed by atoms with Gasteiger partial charge in [-0.2, -0.15) is 0 Å². The molecule has 0 radical (unpaired) electrons. The van der Waals surface area contributed by atoms with Crippen LogP contribution in [0.5, 0.6) is 0 Å². The fraction of sp³-hybridized carbons (Fsp3) is 0.923. The lowest BCUT2D eigenvalue weighted by atomic mass is 9.85. The van der Waals surface area contributed by atoms with E-state index in [0.717, 1.165) is 32.5 Å². The van der Waals surface area contributed by atoms with Gasteiger partial charge in [-0.15, -0.1) is 0 Å². The lowest BCUT2D eigenvalue weighted by Gasteiger charge is -2.40. The van der Waals surface area contributed by atoms with E-state index >= 15 is 0 Å². The number of nitrogens with one attached hydrogen (secondary N) is 1. The van der Waals surface area contributed by atoms with Crippen molar-refractivity contribution >= 4 is 5.91 Å². The van der Waals surface area contributed by atoms with E-state index in [2.05, 4.69) is 31.0 Å². The zero-order valence-electron chi connectivity index (χ0n) is 10.8. The molecule has 3 atom stereocenters. The topological polar surface area (TPSA) is 32.3 Å². The Hall–Kier alpha value is -0.570. The van der Waals surface area contributed by atoms with Crippen LogP contribution in [0.15, 0.2) is 0 Å². The zero-order chi connectivity index (χ0) is 11.8. The predicted molar refractivity (Wildman–Crippen MR) is 65.2 cm³/mol. The van der Waals surface area contributed by atoms with E-state index < -0.39 is 0 Å². The average Bonchev–Trinajstić information content (AvgIpc) is 2.69. The number of carbonyl (C=O) groups is 1. The molecule has 2 fully saturated rings. The molecule has 0 aromatic heterocycles. The first-order valence-corrected chi connectivity index (χ1v) is 6.55. The molecule has 3 heteroatoms. The van der Waals surface area contributed by atoms with Gasteiger partial charge in [0.25, 0.3) is 0 Å². The van der Waals surface area contributed by atoms with Crippen LogP contribution in [0.25, 0.3) is 0 Å². The third-order valence-corrected chi connectivity index (χ3v) is 4.26. The van der Waals surface area contributed by atoms with Gasteiger partial charge in [0, 0.05) is 19.1 Å². The van der Waals surface area contributed by atoms with Gasteiger partial charge in [-0.1, -0.05) is 6.92 Å². The summed E-state index contributed by atoms with van der Waals surface area (Å²) in [5, 5.41) is 3.31. The largest absolute Gasteiger partial charge is 0.339 e. The Bertz CT molecular complexity index is 271. The quantitative estimate of drug-likeness (QED) is 0.734. The average molecular weight is 224 g/mol. The van der Waals surface area contributed by atoms with Crippen LogP contribution >= 0.6 is 0 Å². The zero-order valence-corrected chi connectivity index (χ0v) is 10.8. The second kappa shape index (κ2) is 4.36. The molecule has 1 N–H and O–H groups in total. The number of amides is 1. The molecule has 0 bridgehead atoms. The first-order valence-electron chi connectivity index (χ1n) is 6.55. The van der Waals surface area contributed by atoms with Crippen molar-refractivity contribution in [2.24, 2.45) is 11.3 Å². The highest BCUT2D eigenvalue weighted by Gasteiger charge is 2.41. The summed E-state index contributed by atoms with van der Waals surface area (Å²) in [7, 11) is 0. The van der Waals surface area contributed by atoms with Gasteiger partial charge >= 0.3 is 0 Å². The van der Waals surface area contributed by atoms with E-state index in [0.29, 0.717) is 17.9 Å². The highest BCUT2D eigenvalue weighted by atomic mass is 16.2. The summed E-state index contributed by atoms with van der Waals surface area (Å²) in [4.78, 5) is 14.7. The summed E-state index contributed by atoms with van der Waals surface area (Å²) in [6, 6.07) is 0.432. The van der Waals surface area contributed by atoms with Gasteiger partial charge in [-0.25, -0.2) is 0 Å². The normalized spacial score (nSPS) is 40.1. The van der Waals surface area contributed by atoms with E-state index in [1.54, 1.807) is 0 Å². The smallest absolute Gasteiger partial charge is 0.230 e. The molecule has 92 valence electrons. The van der Waals surface area contributed by atoms with E-state index in [1.165, 1.54) is 6.42 Å². The van der Waals surface area contributed by atoms with Crippen molar-refractivity contribution in [1.82, 2.24) is 10.2 Å². The van der Waals surface area contributed by atoms with Crippen molar-refractivity contribution < 1.29 is 4.79 Å². The molecule has 0 aliphatic carbocycles. The third kappa shape index (κ3) is 2.10. The molecule has 3 nitrogen and oxygen atoms in total. The van der Waals surface area contributed by atoms with E-state index in [9.17, 15) is 4.79 Å². The fourth-order valence-corrected chi connectivity index (χ4v) is 2.92. The van der Waals surface area contributed by atoms with Gasteiger partial charge < -0.3 is 10.2 Å². The summed E-state index contributed by atoms with van der Waals surface area (Å²) in [5.74, 6) is 1.04. The second-order valence-electron chi connectivity index (χ2n) is 5.98. The lowest BCUT2D eigenvalue weighted by Crippen LogP contribution is -2.51. The molecule has 0 aromatic rings. The van der Waals surface area contributed by atoms with Crippen molar-refractivity contribution in [3.05, 3.63) is 0 Å². The number of rotatable bonds is 1. The molecule has 16 heavy (non-hydrogen) atoms. The van der Waals surface area contributed by atoms with Crippen LogP contribution in [0.3, 0.4) is 0 Å². The number of hydrogen-bond acceptors (Lipinski definition) is 2. The summed E-state index contributed by atoms with van der Waals surface area (Å²) < 4.78 is 0. The molecule has 3 unspecified atom stereocenters. The van der Waals surface area contributed by atoms with Gasteiger partial charge in [-0.05, 0) is 45.6 Å². The summed E-state index contributed by atoms with van der Waals surface area (Å²) in [6.07, 6.45) is 3.42. The number of piperidine rings is 1. The van der Waals surface area contributed by atoms with Crippen molar-refractivity contribution in [2.45, 2.75) is 46.1 Å². The Morgan fingerprint density at radius 2 is 2.12 bits per heavy atom. The standard InChI is InChI=1S/C13H24N2O/c1-10-4-5-11(2)15(8-10)12(16)13(3)6-7-14-9-13/h10-11,14H,4-9H2,1-3H3. The summed E-state index contributed by atoms with van der Waals surface area (Å²) >= 11 is 0. The van der Waals surface area contributed by atoms with Crippen molar-refractivity contribution in [3.8, 4) is 0 Å². The molecule has 2 heterocycles. The molecule has 2 rings (SSSR count). The monoisotopic (exact) mass is 224 g/mol. The van der Waals surface area contributed by atoms with Crippen LogP contribution in [0.2, 0.25) is 0 Å². The Balaban J connectivity index is 2.07. The summed E-state index contributed by atoms with van der Waals surface area (Å²) in [6.45, 7) is 9.34. The fourth-order valence-electron chi connectivity index (χ4n) is 2.92. The molecule has 2 aliphatic rings. The van der Waals surface area contributed by atoms with Crippen molar-refractivity contribution in [1.29, 1.82) is 0 Å². The molecule has 2 saturated heterocycles. The molecule has 0 saturated carbocycles. The van der Waals surface area contributed by atoms with Gasteiger partial charge in [0.2, 0.25) is 5.91 Å². The minimum atomic E-state index is -0.147. The van der Waals surface area contributed by atoms with Crippen LogP contribution in [-0.4, -0.2) is 36.5 Å². The maximum absolute atomic E-state index is 12.6. The van der Waals surface area contributed by atoms with Gasteiger partial charge in [0.05, 0.1) is 5.41 Å². The Morgan fingerprint density at radius 3 is 2.75 bits per heavy atom. The Labute approximate surface area is 98.6 Å². The Morgan fingerprint density at radius 1 is 1.38 bits per heavy atom. The van der Waals surface area contributed by atoms with Gasteiger partial charge in [-0.3, -0.25) is 4.79 Å². The maximum atomic E-state index is 12.6. The lowest BCUT2D eigenvalue weighted by molar-refractivity contribution is -0.144. The first-order chi connectivity index (χ1) is 7.53. The van der Waals surface area contributed by atoms with E-state index in [1.807, 2.05) is 0 Å². The number of likely N-dealkylation sites (tertiary alicyclic amines) is 1. The van der Waals surface area contributed by atoms with Crippen molar-refractivity contribution in [3.63, 3.8) is 0 Å². The minimum Gasteiger partial charge on any atom is -0.339 e. The van der Waals surface area contributed by atoms with Crippen molar-refractivity contribution in [2.75, 3.05) is 19.6 Å². The third-order valence-electron chi connectivity index (χ3n) is 4.26. The molecule has 0 aromatic carbocycles. The van der Waals surface area contributed by atoms with Crippen LogP contribution in [0, 0.1) is 11.3 Å². The minimum absolute atomic E-state index is 0.147. The molecular weight excluding hydrogens is 200 g/mol. The Kier molecular flexibility index (Phi) is 3.24. The van der Waals surface area contributed by atoms with Crippen LogP contribution in [0.1, 0.15) is 40.0 Å². The number of nitrogens with zero attached hydrogens (tertiary/aromatic N) is 1. The van der Waals surface area contributed by atoms with E-state index in [4.69, 9.17) is 0 Å². The number of hydrogen-bond donors (Lipinski definition) is 1. The van der Waals surface area contributed by atoms with E-state index in [-0.39, 0.29) is 5.41 Å². The van der Waals surface area contributed by atoms with Crippen LogP contribution < -0.4 is 5.32 Å². The highest BCUT2D eigenvalue weighted by molar-refractivity contribution is 5.83.